The van der Waals surface area contributed by atoms with Gasteiger partial charge in [-0.3, -0.25) is 9.59 Å². The van der Waals surface area contributed by atoms with E-state index in [1.807, 2.05) is 4.90 Å². The van der Waals surface area contributed by atoms with Crippen molar-refractivity contribution in [2.24, 2.45) is 23.5 Å². The minimum Gasteiger partial charge on any atom is -0.369 e. The van der Waals surface area contributed by atoms with Crippen molar-refractivity contribution in [2.75, 3.05) is 26.2 Å². The van der Waals surface area contributed by atoms with Crippen LogP contribution in [0.1, 0.15) is 39.0 Å². The second kappa shape index (κ2) is 9.26. The van der Waals surface area contributed by atoms with Crippen molar-refractivity contribution in [3.63, 3.8) is 0 Å². The molecule has 2 aliphatic heterocycles. The molecule has 0 spiro atoms. The van der Waals surface area contributed by atoms with Crippen LogP contribution in [0.2, 0.25) is 0 Å². The first kappa shape index (κ1) is 21.8. The molecule has 2 atom stereocenters. The normalized spacial score (nSPS) is 24.4. The molecule has 0 aliphatic carbocycles. The third-order valence-electron chi connectivity index (χ3n) is 6.45. The molecule has 1 aromatic rings. The fourth-order valence-electron chi connectivity index (χ4n) is 4.51. The molecule has 0 bridgehead atoms. The van der Waals surface area contributed by atoms with Crippen LogP contribution in [0, 0.1) is 17.8 Å². The maximum atomic E-state index is 12.9. The summed E-state index contributed by atoms with van der Waals surface area (Å²) in [5.74, 6) is 0.0395. The predicted octanol–water partition coefficient (Wildman–Crippen LogP) is 1.84. The zero-order valence-corrected chi connectivity index (χ0v) is 17.8. The molecule has 0 radical (unpaired) electrons. The summed E-state index contributed by atoms with van der Waals surface area (Å²) >= 11 is 0. The molecule has 8 heteroatoms. The third kappa shape index (κ3) is 4.98. The lowest BCUT2D eigenvalue weighted by molar-refractivity contribution is -0.136. The van der Waals surface area contributed by atoms with Crippen molar-refractivity contribution in [1.29, 1.82) is 0 Å². The first-order chi connectivity index (χ1) is 13.8. The number of benzene rings is 1. The van der Waals surface area contributed by atoms with Crippen molar-refractivity contribution in [1.82, 2.24) is 9.21 Å². The van der Waals surface area contributed by atoms with Gasteiger partial charge in [0.05, 0.1) is 4.90 Å². The largest absolute Gasteiger partial charge is 0.369 e. The second-order valence-electron chi connectivity index (χ2n) is 8.15. The molecule has 29 heavy (non-hydrogen) atoms. The summed E-state index contributed by atoms with van der Waals surface area (Å²) in [5, 5.41) is 0. The van der Waals surface area contributed by atoms with Gasteiger partial charge in [0.15, 0.2) is 0 Å². The molecular weight excluding hydrogens is 390 g/mol. The van der Waals surface area contributed by atoms with Crippen LogP contribution in [0.4, 0.5) is 0 Å². The smallest absolute Gasteiger partial charge is 0.243 e. The topological polar surface area (TPSA) is 101 Å². The maximum Gasteiger partial charge on any atom is 0.243 e. The van der Waals surface area contributed by atoms with Gasteiger partial charge in [-0.1, -0.05) is 31.5 Å². The molecule has 160 valence electrons. The Morgan fingerprint density at radius 1 is 1.03 bits per heavy atom. The van der Waals surface area contributed by atoms with Gasteiger partial charge in [-0.05, 0) is 43.2 Å². The lowest BCUT2D eigenvalue weighted by atomic mass is 9.82. The number of hydrogen-bond acceptors (Lipinski definition) is 4. The Labute approximate surface area is 173 Å². The average Bonchev–Trinajstić information content (AvgIpc) is 2.74. The molecule has 2 saturated heterocycles. The minimum absolute atomic E-state index is 0.107. The van der Waals surface area contributed by atoms with Crippen molar-refractivity contribution in [3.8, 4) is 0 Å². The van der Waals surface area contributed by atoms with Crippen molar-refractivity contribution < 1.29 is 18.0 Å². The van der Waals surface area contributed by atoms with Gasteiger partial charge in [0.2, 0.25) is 21.8 Å². The zero-order chi connectivity index (χ0) is 21.0. The van der Waals surface area contributed by atoms with Crippen LogP contribution in [0.3, 0.4) is 0 Å². The molecule has 7 nitrogen and oxygen atoms in total. The van der Waals surface area contributed by atoms with Gasteiger partial charge in [0.1, 0.15) is 0 Å². The molecule has 1 aromatic carbocycles. The Hall–Kier alpha value is -1.93. The highest BCUT2D eigenvalue weighted by Gasteiger charge is 2.36. The van der Waals surface area contributed by atoms with Gasteiger partial charge in [0.25, 0.3) is 0 Å². The number of rotatable bonds is 6. The Balaban J connectivity index is 1.59. The predicted molar refractivity (Wildman–Crippen MR) is 110 cm³/mol. The zero-order valence-electron chi connectivity index (χ0n) is 17.0. The van der Waals surface area contributed by atoms with Crippen molar-refractivity contribution in [3.05, 3.63) is 30.3 Å². The lowest BCUT2D eigenvalue weighted by Crippen LogP contribution is -2.46. The van der Waals surface area contributed by atoms with E-state index in [1.165, 1.54) is 0 Å². The van der Waals surface area contributed by atoms with Crippen LogP contribution in [-0.2, 0) is 19.6 Å². The molecule has 2 fully saturated rings. The molecule has 2 N–H and O–H groups in total. The van der Waals surface area contributed by atoms with Crippen LogP contribution < -0.4 is 5.73 Å². The first-order valence-electron chi connectivity index (χ1n) is 10.4. The third-order valence-corrected chi connectivity index (χ3v) is 8.33. The summed E-state index contributed by atoms with van der Waals surface area (Å²) < 4.78 is 27.4. The number of amides is 2. The van der Waals surface area contributed by atoms with Crippen molar-refractivity contribution >= 4 is 21.8 Å². The molecule has 2 amide bonds. The molecule has 0 saturated carbocycles. The number of nitrogens with two attached hydrogens (primary N) is 1. The Bertz CT molecular complexity index is 820. The highest BCUT2D eigenvalue weighted by atomic mass is 32.2. The monoisotopic (exact) mass is 421 g/mol. The van der Waals surface area contributed by atoms with Gasteiger partial charge in [-0.2, -0.15) is 4.31 Å². The molecule has 2 aliphatic rings. The molecule has 3 rings (SSSR count). The van der Waals surface area contributed by atoms with Crippen LogP contribution in [0.5, 0.6) is 0 Å². The number of carbonyl (C=O) groups is 2. The average molecular weight is 422 g/mol. The SMILES string of the molecule is CCC1CN(S(=O)(=O)c2ccccc2)CCC1CC(=O)N1CCC(C(N)=O)CC1. The Morgan fingerprint density at radius 3 is 2.28 bits per heavy atom. The standard InChI is InChI=1S/C21H31N3O4S/c1-2-16-15-24(29(27,28)19-6-4-3-5-7-19)13-10-18(16)14-20(25)23-11-8-17(9-12-23)21(22)26/h3-7,16-18H,2,8-15H2,1H3,(H2,22,26). The van der Waals surface area contributed by atoms with E-state index in [2.05, 4.69) is 6.92 Å². The van der Waals surface area contributed by atoms with E-state index in [4.69, 9.17) is 5.73 Å². The van der Waals surface area contributed by atoms with E-state index < -0.39 is 10.0 Å². The van der Waals surface area contributed by atoms with E-state index in [9.17, 15) is 18.0 Å². The van der Waals surface area contributed by atoms with Crippen molar-refractivity contribution in [2.45, 2.75) is 43.9 Å². The Morgan fingerprint density at radius 2 is 1.69 bits per heavy atom. The van der Waals surface area contributed by atoms with E-state index in [-0.39, 0.29) is 29.6 Å². The number of nitrogens with zero attached hydrogens (tertiary/aromatic N) is 2. The number of sulfonamides is 1. The summed E-state index contributed by atoms with van der Waals surface area (Å²) in [6.45, 7) is 4.10. The molecular formula is C21H31N3O4S. The number of likely N-dealkylation sites (tertiary alicyclic amines) is 1. The summed E-state index contributed by atoms with van der Waals surface area (Å²) in [6.07, 6.45) is 3.23. The highest BCUT2D eigenvalue weighted by molar-refractivity contribution is 7.89. The lowest BCUT2D eigenvalue weighted by Gasteiger charge is -2.38. The maximum absolute atomic E-state index is 12.9. The van der Waals surface area contributed by atoms with Gasteiger partial charge in [-0.25, -0.2) is 8.42 Å². The van der Waals surface area contributed by atoms with Gasteiger partial charge >= 0.3 is 0 Å². The van der Waals surface area contributed by atoms with Crippen LogP contribution >= 0.6 is 0 Å². The molecule has 0 aromatic heterocycles. The highest BCUT2D eigenvalue weighted by Crippen LogP contribution is 2.33. The van der Waals surface area contributed by atoms with Crippen LogP contribution in [0.15, 0.2) is 35.2 Å². The minimum atomic E-state index is -3.50. The molecule has 2 unspecified atom stereocenters. The van der Waals surface area contributed by atoms with Crippen LogP contribution in [0.25, 0.3) is 0 Å². The van der Waals surface area contributed by atoms with Gasteiger partial charge < -0.3 is 10.6 Å². The van der Waals surface area contributed by atoms with E-state index in [0.717, 1.165) is 6.42 Å². The second-order valence-corrected chi connectivity index (χ2v) is 10.1. The quantitative estimate of drug-likeness (QED) is 0.757. The van der Waals surface area contributed by atoms with Gasteiger partial charge in [0, 0.05) is 38.5 Å². The fourth-order valence-corrected chi connectivity index (χ4v) is 6.04. The van der Waals surface area contributed by atoms with Gasteiger partial charge in [-0.15, -0.1) is 0 Å². The molecule has 2 heterocycles. The van der Waals surface area contributed by atoms with E-state index >= 15 is 0 Å². The summed E-state index contributed by atoms with van der Waals surface area (Å²) in [6, 6.07) is 8.52. The number of hydrogen-bond donors (Lipinski definition) is 1. The number of piperidine rings is 2. The Kier molecular flexibility index (Phi) is 6.95. The summed E-state index contributed by atoms with van der Waals surface area (Å²) in [7, 11) is -3.50. The van der Waals surface area contributed by atoms with E-state index in [1.54, 1.807) is 34.6 Å². The van der Waals surface area contributed by atoms with E-state index in [0.29, 0.717) is 56.8 Å². The summed E-state index contributed by atoms with van der Waals surface area (Å²) in [5.41, 5.74) is 5.37. The number of primary amides is 1. The van der Waals surface area contributed by atoms with Crippen LogP contribution in [-0.4, -0.2) is 55.6 Å². The summed E-state index contributed by atoms with van der Waals surface area (Å²) in [4.78, 5) is 26.2. The number of carbonyl (C=O) groups excluding carboxylic acids is 2. The fraction of sp³-hybridized carbons (Fsp3) is 0.619. The first-order valence-corrected chi connectivity index (χ1v) is 11.9.